The molecule has 0 radical (unpaired) electrons. The fourth-order valence-corrected chi connectivity index (χ4v) is 3.38. The molecule has 6 nitrogen and oxygen atoms in total. The highest BCUT2D eigenvalue weighted by Gasteiger charge is 2.29. The van der Waals surface area contributed by atoms with Gasteiger partial charge in [0.15, 0.2) is 12.2 Å². The van der Waals surface area contributed by atoms with Crippen LogP contribution >= 0.6 is 0 Å². The summed E-state index contributed by atoms with van der Waals surface area (Å²) < 4.78 is 11.0. The van der Waals surface area contributed by atoms with Crippen LogP contribution in [0.2, 0.25) is 0 Å². The summed E-state index contributed by atoms with van der Waals surface area (Å²) in [7, 11) is 1.66. The summed E-state index contributed by atoms with van der Waals surface area (Å²) in [6, 6.07) is 15.8. The molecule has 6 heteroatoms. The van der Waals surface area contributed by atoms with E-state index in [2.05, 4.69) is 19.9 Å². The van der Waals surface area contributed by atoms with E-state index >= 15 is 0 Å². The van der Waals surface area contributed by atoms with Crippen LogP contribution in [0.25, 0.3) is 22.6 Å². The normalized spacial score (nSPS) is 12.0. The fourth-order valence-electron chi connectivity index (χ4n) is 3.38. The number of oxazole rings is 1. The molecule has 0 saturated heterocycles. The molecule has 4 aromatic rings. The van der Waals surface area contributed by atoms with Crippen LogP contribution in [0.3, 0.4) is 0 Å². The molecule has 5 rings (SSSR count). The second-order valence-corrected chi connectivity index (χ2v) is 6.21. The Kier molecular flexibility index (Phi) is 3.60. The first-order valence-electron chi connectivity index (χ1n) is 8.60. The number of nitrogens with zero attached hydrogens (tertiary/aromatic N) is 4. The van der Waals surface area contributed by atoms with Crippen molar-refractivity contribution in [1.82, 2.24) is 15.0 Å². The van der Waals surface area contributed by atoms with Crippen molar-refractivity contribution in [1.29, 1.82) is 0 Å². The predicted octanol–water partition coefficient (Wildman–Crippen LogP) is 4.46. The van der Waals surface area contributed by atoms with Crippen LogP contribution < -0.4 is 9.64 Å². The molecule has 0 atom stereocenters. The van der Waals surface area contributed by atoms with Crippen LogP contribution in [0, 0.1) is 0 Å². The Balaban J connectivity index is 1.69. The van der Waals surface area contributed by atoms with E-state index in [1.165, 1.54) is 6.39 Å². The summed E-state index contributed by atoms with van der Waals surface area (Å²) in [5, 5.41) is 0. The van der Waals surface area contributed by atoms with Crippen LogP contribution in [0.5, 0.6) is 5.75 Å². The molecule has 0 saturated carbocycles. The van der Waals surface area contributed by atoms with Gasteiger partial charge in [-0.15, -0.1) is 0 Å². The third kappa shape index (κ3) is 2.54. The third-order valence-electron chi connectivity index (χ3n) is 4.65. The van der Waals surface area contributed by atoms with E-state index in [-0.39, 0.29) is 0 Å². The standard InChI is InChI=1S/C21H16N4O2/c1-26-15-8-6-14(7-9-15)12-25-20-16(4-2-10-22-20)18-19(27-13-24-18)17-5-3-11-23-21(17)25/h2-11,13H,12H2,1H3. The summed E-state index contributed by atoms with van der Waals surface area (Å²) in [5.74, 6) is 3.14. The summed E-state index contributed by atoms with van der Waals surface area (Å²) >= 11 is 0. The zero-order chi connectivity index (χ0) is 18.2. The molecule has 1 aliphatic rings. The molecule has 1 aromatic carbocycles. The highest BCUT2D eigenvalue weighted by molar-refractivity contribution is 5.93. The lowest BCUT2D eigenvalue weighted by Crippen LogP contribution is -2.19. The van der Waals surface area contributed by atoms with Gasteiger partial charge in [0.05, 0.1) is 19.2 Å². The predicted molar refractivity (Wildman–Crippen MR) is 102 cm³/mol. The smallest absolute Gasteiger partial charge is 0.182 e. The molecule has 0 unspecified atom stereocenters. The summed E-state index contributed by atoms with van der Waals surface area (Å²) in [5.41, 5.74) is 3.73. The molecular weight excluding hydrogens is 340 g/mol. The molecule has 0 amide bonds. The van der Waals surface area contributed by atoms with Gasteiger partial charge in [0, 0.05) is 18.0 Å². The van der Waals surface area contributed by atoms with Gasteiger partial charge in [-0.2, -0.15) is 0 Å². The molecule has 3 aromatic heterocycles. The minimum Gasteiger partial charge on any atom is -0.497 e. The van der Waals surface area contributed by atoms with Crippen LogP contribution in [0.1, 0.15) is 5.56 Å². The monoisotopic (exact) mass is 356 g/mol. The lowest BCUT2D eigenvalue weighted by atomic mass is 10.1. The van der Waals surface area contributed by atoms with Gasteiger partial charge in [0.1, 0.15) is 23.1 Å². The van der Waals surface area contributed by atoms with Crippen molar-refractivity contribution < 1.29 is 9.15 Å². The highest BCUT2D eigenvalue weighted by atomic mass is 16.5. The second kappa shape index (κ2) is 6.25. The minimum atomic E-state index is 0.613. The van der Waals surface area contributed by atoms with E-state index in [4.69, 9.17) is 9.15 Å². The summed E-state index contributed by atoms with van der Waals surface area (Å²) in [6.45, 7) is 0.613. The van der Waals surface area contributed by atoms with Gasteiger partial charge in [-0.25, -0.2) is 15.0 Å². The molecule has 1 aliphatic heterocycles. The zero-order valence-electron chi connectivity index (χ0n) is 14.7. The number of pyridine rings is 2. The van der Waals surface area contributed by atoms with Crippen LogP contribution in [0.15, 0.2) is 71.7 Å². The molecule has 4 heterocycles. The van der Waals surface area contributed by atoms with E-state index in [0.29, 0.717) is 12.3 Å². The quantitative estimate of drug-likeness (QED) is 0.540. The SMILES string of the molecule is COc1ccc(CN2c3ncccc3-c3ncoc3-c3cccnc32)cc1. The maximum atomic E-state index is 5.73. The Morgan fingerprint density at radius 3 is 2.33 bits per heavy atom. The van der Waals surface area contributed by atoms with E-state index < -0.39 is 0 Å². The van der Waals surface area contributed by atoms with Gasteiger partial charge in [-0.3, -0.25) is 0 Å². The first kappa shape index (κ1) is 15.6. The maximum Gasteiger partial charge on any atom is 0.182 e. The molecule has 0 fully saturated rings. The largest absolute Gasteiger partial charge is 0.497 e. The highest BCUT2D eigenvalue weighted by Crippen LogP contribution is 2.45. The fraction of sp³-hybridized carbons (Fsp3) is 0.0952. The molecule has 0 bridgehead atoms. The molecular formula is C21H16N4O2. The van der Waals surface area contributed by atoms with Gasteiger partial charge < -0.3 is 14.1 Å². The Morgan fingerprint density at radius 1 is 0.889 bits per heavy atom. The lowest BCUT2D eigenvalue weighted by Gasteiger charge is -2.24. The van der Waals surface area contributed by atoms with E-state index in [1.807, 2.05) is 48.5 Å². The molecule has 0 N–H and O–H groups in total. The number of methoxy groups -OCH3 is 1. The lowest BCUT2D eigenvalue weighted by molar-refractivity contribution is 0.414. The van der Waals surface area contributed by atoms with E-state index in [1.54, 1.807) is 19.5 Å². The van der Waals surface area contributed by atoms with Crippen molar-refractivity contribution in [3.8, 4) is 28.3 Å². The van der Waals surface area contributed by atoms with Crippen LogP contribution in [-0.2, 0) is 6.54 Å². The maximum absolute atomic E-state index is 5.73. The van der Waals surface area contributed by atoms with E-state index in [0.717, 1.165) is 39.8 Å². The average molecular weight is 356 g/mol. The number of aromatic nitrogens is 3. The third-order valence-corrected chi connectivity index (χ3v) is 4.65. The number of fused-ring (bicyclic) bond motifs is 5. The molecule has 27 heavy (non-hydrogen) atoms. The Bertz CT molecular complexity index is 1040. The first-order chi connectivity index (χ1) is 13.3. The minimum absolute atomic E-state index is 0.613. The average Bonchev–Trinajstić information content (AvgIpc) is 3.18. The van der Waals surface area contributed by atoms with Crippen LogP contribution in [-0.4, -0.2) is 22.1 Å². The van der Waals surface area contributed by atoms with Gasteiger partial charge in [-0.1, -0.05) is 12.1 Å². The molecule has 0 aliphatic carbocycles. The number of hydrogen-bond acceptors (Lipinski definition) is 6. The van der Waals surface area contributed by atoms with Gasteiger partial charge >= 0.3 is 0 Å². The number of benzene rings is 1. The number of hydrogen-bond donors (Lipinski definition) is 0. The second-order valence-electron chi connectivity index (χ2n) is 6.21. The number of ether oxygens (including phenoxy) is 1. The van der Waals surface area contributed by atoms with Crippen molar-refractivity contribution in [2.75, 3.05) is 12.0 Å². The van der Waals surface area contributed by atoms with E-state index in [9.17, 15) is 0 Å². The first-order valence-corrected chi connectivity index (χ1v) is 8.60. The van der Waals surface area contributed by atoms with Gasteiger partial charge in [0.25, 0.3) is 0 Å². The Labute approximate surface area is 156 Å². The van der Waals surface area contributed by atoms with Crippen LogP contribution in [0.4, 0.5) is 11.6 Å². The van der Waals surface area contributed by atoms with Crippen molar-refractivity contribution in [3.63, 3.8) is 0 Å². The van der Waals surface area contributed by atoms with Gasteiger partial charge in [-0.05, 0) is 42.0 Å². The number of rotatable bonds is 3. The molecule has 132 valence electrons. The summed E-state index contributed by atoms with van der Waals surface area (Å²) in [4.78, 5) is 15.8. The van der Waals surface area contributed by atoms with Crippen molar-refractivity contribution in [2.24, 2.45) is 0 Å². The Morgan fingerprint density at radius 2 is 1.59 bits per heavy atom. The Hall–Kier alpha value is -3.67. The molecule has 0 spiro atoms. The summed E-state index contributed by atoms with van der Waals surface area (Å²) in [6.07, 6.45) is 5.04. The number of anilines is 2. The van der Waals surface area contributed by atoms with Gasteiger partial charge in [0.2, 0.25) is 0 Å². The van der Waals surface area contributed by atoms with Crippen molar-refractivity contribution in [3.05, 3.63) is 72.9 Å². The van der Waals surface area contributed by atoms with Crippen molar-refractivity contribution in [2.45, 2.75) is 6.54 Å². The topological polar surface area (TPSA) is 64.3 Å². The van der Waals surface area contributed by atoms with Crippen molar-refractivity contribution >= 4 is 11.6 Å². The zero-order valence-corrected chi connectivity index (χ0v) is 14.7.